The molecule has 1 aromatic carbocycles. The van der Waals surface area contributed by atoms with Crippen molar-refractivity contribution in [3.63, 3.8) is 0 Å². The maximum absolute atomic E-state index is 8.82. The van der Waals surface area contributed by atoms with Gasteiger partial charge in [0.1, 0.15) is 0 Å². The minimum absolute atomic E-state index is 0.271. The van der Waals surface area contributed by atoms with E-state index in [1.54, 1.807) is 0 Å². The summed E-state index contributed by atoms with van der Waals surface area (Å²) in [7, 11) is 0. The van der Waals surface area contributed by atoms with Crippen molar-refractivity contribution in [3.8, 4) is 0 Å². The van der Waals surface area contributed by atoms with E-state index in [0.717, 1.165) is 19.3 Å². The fraction of sp³-hybridized carbons (Fsp3) is 0.286. The van der Waals surface area contributed by atoms with Gasteiger partial charge in [-0.15, -0.1) is 0 Å². The second-order valence-electron chi connectivity index (χ2n) is 3.53. The van der Waals surface area contributed by atoms with Gasteiger partial charge in [0.25, 0.3) is 0 Å². The van der Waals surface area contributed by atoms with Gasteiger partial charge >= 0.3 is 104 Å². The Kier molecular flexibility index (Phi) is 6.91. The predicted molar refractivity (Wildman–Crippen MR) is 71.0 cm³/mol. The summed E-state index contributed by atoms with van der Waals surface area (Å²) in [6, 6.07) is 10.5. The van der Waals surface area contributed by atoms with Gasteiger partial charge in [-0.05, 0) is 0 Å². The molecule has 0 radical (unpaired) electrons. The van der Waals surface area contributed by atoms with Gasteiger partial charge in [0.05, 0.1) is 0 Å². The first kappa shape index (κ1) is 13.2. The Bertz CT molecular complexity index is 330. The van der Waals surface area contributed by atoms with E-state index in [4.69, 9.17) is 5.11 Å². The SMILES string of the molecule is C=CC/C(=C\[Se]c1ccccc1)CCCO. The number of aliphatic hydroxyl groups is 1. The monoisotopic (exact) mass is 282 g/mol. The van der Waals surface area contributed by atoms with Crippen molar-refractivity contribution in [3.05, 3.63) is 53.5 Å². The van der Waals surface area contributed by atoms with E-state index in [2.05, 4.69) is 35.8 Å². The van der Waals surface area contributed by atoms with Gasteiger partial charge in [0.2, 0.25) is 0 Å². The molecule has 0 atom stereocenters. The number of allylic oxidation sites excluding steroid dienone is 2. The molecule has 2 heteroatoms. The Labute approximate surface area is 104 Å². The van der Waals surface area contributed by atoms with Crippen LogP contribution in [0.25, 0.3) is 0 Å². The summed E-state index contributed by atoms with van der Waals surface area (Å²) in [6.45, 7) is 4.04. The second kappa shape index (κ2) is 8.35. The van der Waals surface area contributed by atoms with E-state index in [9.17, 15) is 0 Å². The first-order valence-corrected chi connectivity index (χ1v) is 7.32. The zero-order chi connectivity index (χ0) is 11.6. The third kappa shape index (κ3) is 5.31. The molecule has 0 amide bonds. The molecule has 0 aliphatic carbocycles. The number of rotatable bonds is 7. The van der Waals surface area contributed by atoms with Crippen molar-refractivity contribution >= 4 is 19.4 Å². The molecule has 1 aromatic rings. The Balaban J connectivity index is 2.53. The Hall–Kier alpha value is -0.821. The van der Waals surface area contributed by atoms with Crippen LogP contribution >= 0.6 is 0 Å². The zero-order valence-corrected chi connectivity index (χ0v) is 11.1. The van der Waals surface area contributed by atoms with Crippen LogP contribution in [-0.2, 0) is 0 Å². The summed E-state index contributed by atoms with van der Waals surface area (Å²) in [5, 5.41) is 8.82. The molecule has 1 nitrogen and oxygen atoms in total. The first-order valence-electron chi connectivity index (χ1n) is 5.48. The molecule has 0 aliphatic rings. The number of benzene rings is 1. The third-order valence-corrected chi connectivity index (χ3v) is 4.26. The third-order valence-electron chi connectivity index (χ3n) is 2.17. The van der Waals surface area contributed by atoms with Crippen LogP contribution < -0.4 is 4.46 Å². The van der Waals surface area contributed by atoms with Crippen LogP contribution in [-0.4, -0.2) is 26.7 Å². The molecular formula is C14H18OSe. The van der Waals surface area contributed by atoms with Crippen LogP contribution in [0.4, 0.5) is 0 Å². The van der Waals surface area contributed by atoms with E-state index in [1.165, 1.54) is 10.0 Å². The van der Waals surface area contributed by atoms with Crippen molar-refractivity contribution in [2.75, 3.05) is 6.61 Å². The molecule has 1 N–H and O–H groups in total. The number of aliphatic hydroxyl groups excluding tert-OH is 1. The van der Waals surface area contributed by atoms with Gasteiger partial charge in [-0.3, -0.25) is 0 Å². The van der Waals surface area contributed by atoms with Gasteiger partial charge in [0.15, 0.2) is 0 Å². The maximum atomic E-state index is 8.82. The van der Waals surface area contributed by atoms with Crippen LogP contribution in [0.5, 0.6) is 0 Å². The molecule has 0 bridgehead atoms. The summed E-state index contributed by atoms with van der Waals surface area (Å²) in [5.74, 6) is 0. The van der Waals surface area contributed by atoms with Gasteiger partial charge in [-0.2, -0.15) is 0 Å². The Morgan fingerprint density at radius 3 is 2.69 bits per heavy atom. The molecule has 16 heavy (non-hydrogen) atoms. The summed E-state index contributed by atoms with van der Waals surface area (Å²) in [6.07, 6.45) is 4.71. The topological polar surface area (TPSA) is 20.2 Å². The van der Waals surface area contributed by atoms with Gasteiger partial charge in [-0.25, -0.2) is 0 Å². The van der Waals surface area contributed by atoms with Gasteiger partial charge < -0.3 is 0 Å². The molecule has 0 spiro atoms. The number of hydrogen-bond acceptors (Lipinski definition) is 1. The average Bonchev–Trinajstić information content (AvgIpc) is 2.34. The Morgan fingerprint density at radius 1 is 1.31 bits per heavy atom. The molecule has 0 aliphatic heterocycles. The van der Waals surface area contributed by atoms with E-state index in [1.807, 2.05) is 12.1 Å². The summed E-state index contributed by atoms with van der Waals surface area (Å²) in [4.78, 5) is 2.32. The molecule has 0 aromatic heterocycles. The quantitative estimate of drug-likeness (QED) is 0.600. The van der Waals surface area contributed by atoms with Gasteiger partial charge in [-0.1, -0.05) is 0 Å². The van der Waals surface area contributed by atoms with Crippen molar-refractivity contribution in [2.45, 2.75) is 19.3 Å². The first-order chi connectivity index (χ1) is 7.86. The fourth-order valence-corrected chi connectivity index (χ4v) is 3.09. The fourth-order valence-electron chi connectivity index (χ4n) is 1.35. The molecule has 1 rings (SSSR count). The zero-order valence-electron chi connectivity index (χ0n) is 9.43. The normalized spacial score (nSPS) is 11.4. The summed E-state index contributed by atoms with van der Waals surface area (Å²) in [5.41, 5.74) is 1.40. The van der Waals surface area contributed by atoms with Crippen molar-refractivity contribution in [1.82, 2.24) is 0 Å². The number of hydrogen-bond donors (Lipinski definition) is 1. The van der Waals surface area contributed by atoms with Crippen LogP contribution in [0.2, 0.25) is 0 Å². The Morgan fingerprint density at radius 2 is 2.06 bits per heavy atom. The van der Waals surface area contributed by atoms with Crippen LogP contribution in [0, 0.1) is 0 Å². The molecule has 0 saturated heterocycles. The molecule has 0 heterocycles. The molecule has 0 unspecified atom stereocenters. The van der Waals surface area contributed by atoms with Gasteiger partial charge in [0, 0.05) is 0 Å². The van der Waals surface area contributed by atoms with E-state index < -0.39 is 0 Å². The summed E-state index contributed by atoms with van der Waals surface area (Å²) < 4.78 is 1.39. The van der Waals surface area contributed by atoms with Crippen LogP contribution in [0.15, 0.2) is 53.5 Å². The van der Waals surface area contributed by atoms with Crippen molar-refractivity contribution < 1.29 is 5.11 Å². The molecule has 0 fully saturated rings. The predicted octanol–water partition coefficient (Wildman–Crippen LogP) is 2.25. The molecule has 0 saturated carbocycles. The standard InChI is InChI=1S/C14H18OSe/c1-2-7-13(8-6-11-15)12-16-14-9-4-3-5-10-14/h2-5,9-10,12,15H,1,6-8,11H2/b13-12+. The second-order valence-corrected chi connectivity index (χ2v) is 5.51. The average molecular weight is 281 g/mol. The molecular weight excluding hydrogens is 263 g/mol. The van der Waals surface area contributed by atoms with Crippen molar-refractivity contribution in [2.24, 2.45) is 0 Å². The van der Waals surface area contributed by atoms with E-state index >= 15 is 0 Å². The minimum atomic E-state index is 0.271. The van der Waals surface area contributed by atoms with Crippen molar-refractivity contribution in [1.29, 1.82) is 0 Å². The summed E-state index contributed by atoms with van der Waals surface area (Å²) >= 11 is 0.398. The van der Waals surface area contributed by atoms with Crippen LogP contribution in [0.3, 0.4) is 0 Å². The van der Waals surface area contributed by atoms with E-state index in [-0.39, 0.29) is 6.61 Å². The van der Waals surface area contributed by atoms with Crippen LogP contribution in [0.1, 0.15) is 19.3 Å². The molecule has 86 valence electrons. The van der Waals surface area contributed by atoms with E-state index in [0.29, 0.717) is 15.0 Å².